The minimum atomic E-state index is -0.365. The average Bonchev–Trinajstić information content (AvgIpc) is 2.29. The van der Waals surface area contributed by atoms with E-state index in [1.165, 1.54) is 0 Å². The molecule has 12 heavy (non-hydrogen) atoms. The van der Waals surface area contributed by atoms with Gasteiger partial charge in [0.25, 0.3) is 5.78 Å². The summed E-state index contributed by atoms with van der Waals surface area (Å²) in [6, 6.07) is 1.88. The standard InChI is InChI=1S/C7H8N4O/c1-4-3-5(2)11-6(8-4)9-7(12)10-11/h3H,1-2H3,(H,10,12). The number of aromatic amines is 1. The van der Waals surface area contributed by atoms with Crippen LogP contribution in [0.5, 0.6) is 0 Å². The van der Waals surface area contributed by atoms with E-state index in [2.05, 4.69) is 15.1 Å². The fraction of sp³-hybridized carbons (Fsp3) is 0.286. The summed E-state index contributed by atoms with van der Waals surface area (Å²) < 4.78 is 1.56. The lowest BCUT2D eigenvalue weighted by atomic mass is 10.4. The molecule has 5 heteroatoms. The Hall–Kier alpha value is -1.65. The molecular formula is C7H8N4O. The molecule has 0 fully saturated rings. The topological polar surface area (TPSA) is 63.0 Å². The predicted molar refractivity (Wildman–Crippen MR) is 43.1 cm³/mol. The van der Waals surface area contributed by atoms with Gasteiger partial charge in [-0.1, -0.05) is 0 Å². The lowest BCUT2D eigenvalue weighted by molar-refractivity contribution is 0.871. The molecule has 0 spiro atoms. The summed E-state index contributed by atoms with van der Waals surface area (Å²) in [4.78, 5) is 18.6. The van der Waals surface area contributed by atoms with Gasteiger partial charge in [0, 0.05) is 11.4 Å². The minimum absolute atomic E-state index is 0.365. The second-order valence-electron chi connectivity index (χ2n) is 2.70. The number of nitrogens with zero attached hydrogens (tertiary/aromatic N) is 3. The first-order valence-electron chi connectivity index (χ1n) is 3.60. The smallest absolute Gasteiger partial charge is 0.244 e. The minimum Gasteiger partial charge on any atom is -0.244 e. The Bertz CT molecular complexity index is 482. The fourth-order valence-corrected chi connectivity index (χ4v) is 1.19. The Morgan fingerprint density at radius 2 is 2.17 bits per heavy atom. The number of rotatable bonds is 0. The van der Waals surface area contributed by atoms with Crippen molar-refractivity contribution >= 4 is 5.78 Å². The second-order valence-corrected chi connectivity index (χ2v) is 2.70. The monoisotopic (exact) mass is 164 g/mol. The van der Waals surface area contributed by atoms with Gasteiger partial charge in [-0.3, -0.25) is 0 Å². The third-order valence-corrected chi connectivity index (χ3v) is 1.66. The highest BCUT2D eigenvalue weighted by atomic mass is 16.1. The van der Waals surface area contributed by atoms with Gasteiger partial charge in [0.1, 0.15) is 0 Å². The van der Waals surface area contributed by atoms with Gasteiger partial charge in [0.05, 0.1) is 0 Å². The predicted octanol–water partition coefficient (Wildman–Crippen LogP) is 0.0344. The molecule has 2 heterocycles. The van der Waals surface area contributed by atoms with Crippen molar-refractivity contribution in [3.05, 3.63) is 27.9 Å². The maximum absolute atomic E-state index is 10.8. The molecule has 2 aromatic heterocycles. The highest BCUT2D eigenvalue weighted by molar-refractivity contribution is 5.28. The van der Waals surface area contributed by atoms with E-state index in [9.17, 15) is 4.79 Å². The van der Waals surface area contributed by atoms with Gasteiger partial charge in [-0.25, -0.2) is 19.4 Å². The molecule has 2 aromatic rings. The van der Waals surface area contributed by atoms with Crippen LogP contribution >= 0.6 is 0 Å². The molecule has 0 aromatic carbocycles. The van der Waals surface area contributed by atoms with Gasteiger partial charge < -0.3 is 0 Å². The number of hydrogen-bond acceptors (Lipinski definition) is 3. The van der Waals surface area contributed by atoms with Crippen LogP contribution in [0.4, 0.5) is 0 Å². The molecule has 5 nitrogen and oxygen atoms in total. The molecule has 0 saturated heterocycles. The number of nitrogens with one attached hydrogen (secondary N) is 1. The van der Waals surface area contributed by atoms with Crippen LogP contribution in [0.25, 0.3) is 5.78 Å². The molecule has 0 radical (unpaired) electrons. The zero-order chi connectivity index (χ0) is 8.72. The molecule has 1 N–H and O–H groups in total. The summed E-state index contributed by atoms with van der Waals surface area (Å²) >= 11 is 0. The van der Waals surface area contributed by atoms with Gasteiger partial charge in [-0.05, 0) is 19.9 Å². The van der Waals surface area contributed by atoms with E-state index in [0.29, 0.717) is 5.78 Å². The van der Waals surface area contributed by atoms with Gasteiger partial charge >= 0.3 is 5.69 Å². The first-order chi connectivity index (χ1) is 5.66. The lowest BCUT2D eigenvalue weighted by Crippen LogP contribution is -2.03. The molecule has 2 rings (SSSR count). The summed E-state index contributed by atoms with van der Waals surface area (Å²) in [5, 5.41) is 2.54. The molecule has 0 atom stereocenters. The highest BCUT2D eigenvalue weighted by Crippen LogP contribution is 2.00. The second kappa shape index (κ2) is 2.17. The zero-order valence-corrected chi connectivity index (χ0v) is 6.83. The molecule has 62 valence electrons. The van der Waals surface area contributed by atoms with E-state index in [4.69, 9.17) is 0 Å². The van der Waals surface area contributed by atoms with Crippen LogP contribution in [0.3, 0.4) is 0 Å². The number of fused-ring (bicyclic) bond motifs is 1. The number of hydrogen-bond donors (Lipinski definition) is 1. The first kappa shape index (κ1) is 7.02. The Balaban J connectivity index is 2.97. The molecule has 0 aliphatic carbocycles. The summed E-state index contributed by atoms with van der Waals surface area (Å²) in [5.74, 6) is 0.428. The van der Waals surface area contributed by atoms with Gasteiger partial charge in [-0.15, -0.1) is 0 Å². The van der Waals surface area contributed by atoms with E-state index in [1.54, 1.807) is 4.52 Å². The van der Waals surface area contributed by atoms with E-state index >= 15 is 0 Å². The molecule has 0 aliphatic rings. The van der Waals surface area contributed by atoms with E-state index in [0.717, 1.165) is 11.4 Å². The molecule has 0 bridgehead atoms. The van der Waals surface area contributed by atoms with Crippen LogP contribution in [-0.2, 0) is 0 Å². The summed E-state index contributed by atoms with van der Waals surface area (Å²) in [5.41, 5.74) is 1.42. The van der Waals surface area contributed by atoms with Crippen molar-refractivity contribution in [2.24, 2.45) is 0 Å². The molecule has 0 unspecified atom stereocenters. The largest absolute Gasteiger partial charge is 0.363 e. The summed E-state index contributed by atoms with van der Waals surface area (Å²) in [6.07, 6.45) is 0. The summed E-state index contributed by atoms with van der Waals surface area (Å²) in [6.45, 7) is 3.76. The molecule has 0 aliphatic heterocycles. The number of H-pyrrole nitrogens is 1. The van der Waals surface area contributed by atoms with Crippen LogP contribution in [0.15, 0.2) is 10.9 Å². The van der Waals surface area contributed by atoms with Crippen molar-refractivity contribution in [3.8, 4) is 0 Å². The Morgan fingerprint density at radius 1 is 1.42 bits per heavy atom. The van der Waals surface area contributed by atoms with Gasteiger partial charge in [0.15, 0.2) is 0 Å². The SMILES string of the molecule is Cc1cc(C)n2[nH]c(=O)nc2n1. The maximum Gasteiger partial charge on any atom is 0.363 e. The van der Waals surface area contributed by atoms with Crippen LogP contribution in [0.1, 0.15) is 11.4 Å². The summed E-state index contributed by atoms with van der Waals surface area (Å²) in [7, 11) is 0. The van der Waals surface area contributed by atoms with E-state index in [1.807, 2.05) is 19.9 Å². The van der Waals surface area contributed by atoms with Crippen molar-refractivity contribution in [3.63, 3.8) is 0 Å². The normalized spacial score (nSPS) is 10.8. The Labute approximate surface area is 68.1 Å². The third-order valence-electron chi connectivity index (χ3n) is 1.66. The Morgan fingerprint density at radius 3 is 2.92 bits per heavy atom. The van der Waals surface area contributed by atoms with Crippen LogP contribution < -0.4 is 5.69 Å². The van der Waals surface area contributed by atoms with Crippen molar-refractivity contribution in [1.82, 2.24) is 19.6 Å². The third kappa shape index (κ3) is 0.903. The first-order valence-corrected chi connectivity index (χ1v) is 3.60. The lowest BCUT2D eigenvalue weighted by Gasteiger charge is -1.97. The van der Waals surface area contributed by atoms with Crippen LogP contribution in [0.2, 0.25) is 0 Å². The quantitative estimate of drug-likeness (QED) is 0.597. The molecule has 0 amide bonds. The van der Waals surface area contributed by atoms with Crippen molar-refractivity contribution in [1.29, 1.82) is 0 Å². The van der Waals surface area contributed by atoms with Crippen molar-refractivity contribution < 1.29 is 0 Å². The number of aryl methyl sites for hydroxylation is 2. The molecule has 0 saturated carbocycles. The average molecular weight is 164 g/mol. The van der Waals surface area contributed by atoms with E-state index < -0.39 is 0 Å². The highest BCUT2D eigenvalue weighted by Gasteiger charge is 2.01. The van der Waals surface area contributed by atoms with E-state index in [-0.39, 0.29) is 5.69 Å². The zero-order valence-electron chi connectivity index (χ0n) is 6.83. The fourth-order valence-electron chi connectivity index (χ4n) is 1.19. The Kier molecular flexibility index (Phi) is 1.27. The van der Waals surface area contributed by atoms with Crippen molar-refractivity contribution in [2.45, 2.75) is 13.8 Å². The van der Waals surface area contributed by atoms with Crippen molar-refractivity contribution in [2.75, 3.05) is 0 Å². The number of aromatic nitrogens is 4. The van der Waals surface area contributed by atoms with Crippen LogP contribution in [-0.4, -0.2) is 19.6 Å². The van der Waals surface area contributed by atoms with Gasteiger partial charge in [-0.2, -0.15) is 4.98 Å². The molecular weight excluding hydrogens is 156 g/mol. The van der Waals surface area contributed by atoms with Crippen LogP contribution in [0, 0.1) is 13.8 Å². The maximum atomic E-state index is 10.8. The van der Waals surface area contributed by atoms with Gasteiger partial charge in [0.2, 0.25) is 0 Å².